The first-order valence-corrected chi connectivity index (χ1v) is 23.5. The van der Waals surface area contributed by atoms with Crippen LogP contribution in [0.4, 0.5) is 0 Å². The Labute approximate surface area is 563 Å². The largest absolute Gasteiger partial charge is 3.00 e. The van der Waals surface area contributed by atoms with Gasteiger partial charge in [-0.25, -0.2) is 0 Å². The molecule has 0 amide bonds. The summed E-state index contributed by atoms with van der Waals surface area (Å²) >= 11 is 0. The van der Waals surface area contributed by atoms with E-state index in [1.54, 1.807) is 0 Å². The van der Waals surface area contributed by atoms with Crippen LogP contribution in [-0.4, -0.2) is 123 Å². The Bertz CT molecular complexity index is 2120. The van der Waals surface area contributed by atoms with Crippen molar-refractivity contribution in [2.24, 2.45) is 25.8 Å². The van der Waals surface area contributed by atoms with Crippen LogP contribution in [0.15, 0.2) is 177 Å². The predicted octanol–water partition coefficient (Wildman–Crippen LogP) is 8.79. The van der Waals surface area contributed by atoms with Crippen LogP contribution in [0.1, 0.15) is 66.3 Å². The third kappa shape index (κ3) is 49.0. The number of nitrogens with zero attached hydrogens (tertiary/aromatic N) is 5. The number of carbonyl (C=O) groups is 2. The molecule has 0 bridgehead atoms. The monoisotopic (exact) mass is 1520 g/mol. The summed E-state index contributed by atoms with van der Waals surface area (Å²) in [5.41, 5.74) is 41.5. The van der Waals surface area contributed by atoms with Crippen molar-refractivity contribution in [2.45, 2.75) is 101 Å². The summed E-state index contributed by atoms with van der Waals surface area (Å²) in [5.74, 6) is -4.85. The van der Waals surface area contributed by atoms with E-state index in [2.05, 4.69) is 25.8 Å². The second kappa shape index (κ2) is 58.7. The van der Waals surface area contributed by atoms with Crippen LogP contribution < -0.4 is 10.2 Å². The molecule has 30 heteroatoms. The molecular weight excluding hydrogens is 1460 g/mol. The molecule has 15 N–H and O–H groups in total. The normalized spacial score (nSPS) is 12.4. The van der Waals surface area contributed by atoms with Crippen molar-refractivity contribution in [1.82, 2.24) is 0 Å². The number of benzene rings is 5. The van der Waals surface area contributed by atoms with Gasteiger partial charge in [0.1, 0.15) is 0 Å². The molecule has 24 nitrogen and oxygen atoms in total. The number of aliphatic carboxylic acids is 2. The third-order valence-electron chi connectivity index (χ3n) is 10.00. The van der Waals surface area contributed by atoms with Gasteiger partial charge in [-0.2, -0.15) is 0 Å². The van der Waals surface area contributed by atoms with E-state index in [9.17, 15) is 19.8 Å². The third-order valence-corrected chi connectivity index (χ3v) is 10.00. The molecule has 5 rings (SSSR count). The average Bonchev–Trinajstić information content (AvgIpc) is 3.44. The summed E-state index contributed by atoms with van der Waals surface area (Å²) in [6, 6.07) is 42.0. The van der Waals surface area contributed by atoms with E-state index in [-0.39, 0.29) is 134 Å². The van der Waals surface area contributed by atoms with Gasteiger partial charge in [-0.1, -0.05) is 220 Å². The second-order valence-corrected chi connectivity index (χ2v) is 16.2. The number of rotatable bonds is 22. The minimum atomic E-state index is -1.05. The van der Waals surface area contributed by atoms with Crippen LogP contribution in [-0.2, 0) is 127 Å². The Morgan fingerprint density at radius 2 is 0.470 bits per heavy atom. The molecule has 0 aliphatic heterocycles. The van der Waals surface area contributed by atoms with Crippen molar-refractivity contribution in [2.75, 3.05) is 0 Å². The molecule has 0 saturated heterocycles. The smallest absolute Gasteiger partial charge is 0.667 e. The molecule has 5 aromatic rings. The number of unbranched alkanes of at least 4 members (excludes halogenated alkanes) is 3. The number of hydrogen-bond acceptors (Lipinski definition) is 14. The van der Waals surface area contributed by atoms with Crippen LogP contribution in [0.25, 0.3) is 28.7 Å². The van der Waals surface area contributed by atoms with Gasteiger partial charge in [0.2, 0.25) is 29.5 Å². The molecule has 0 unspecified atom stereocenters. The summed E-state index contributed by atoms with van der Waals surface area (Å²) in [6.07, 6.45) is 4.45. The maximum atomic E-state index is 9.92. The maximum Gasteiger partial charge on any atom is 3.00 e. The van der Waals surface area contributed by atoms with Crippen LogP contribution in [0.5, 0.6) is 0 Å². The minimum Gasteiger partial charge on any atom is -0.667 e. The van der Waals surface area contributed by atoms with E-state index in [0.717, 1.165) is 40.7 Å². The standard InChI is InChI=1S/5C9H11N2O2.C8H14O4.5Cu.La/c5*10-8(9(12)11-13)6-7-4-2-1-3-5-7;9-7(10)5-3-1-2-4-6-8(11)12;;;;;;/h5*1-5,8,10,13H,6H2,(H,11,12);1-6H2,(H,9,10)(H,11,12);;;;;;/q5*-1;;5*+1;+3/p-2/t5*8-;;;;;;;/m00000......./s1. The van der Waals surface area contributed by atoms with Gasteiger partial charge in [-0.15, -0.1) is 0 Å². The van der Waals surface area contributed by atoms with Gasteiger partial charge in [-0.05, 0) is 85.6 Å². The summed E-state index contributed by atoms with van der Waals surface area (Å²) < 4.78 is 0. The zero-order valence-electron chi connectivity index (χ0n) is 44.0. The Morgan fingerprint density at radius 3 is 0.590 bits per heavy atom. The average molecular weight is 1520 g/mol. The SMILES string of the molecule is O=C([O-])CCCCCCC(=O)[O-].[Cu+].[Cu+].[Cu+].[Cu+].[Cu+].[La+3].[NH-][C@@H](Cc1ccccc1)/C(O)=N/O.[NH-][C@@H](Cc1ccccc1)/C(O)=N/O.[NH-][C@@H](Cc1ccccc1)/C(O)=N/O.[NH-][C@@H](Cc1ccccc1)/C(O)=N/O.[NH-][C@@H](Cc1ccccc1)/C(O)=N/O. The molecule has 0 fully saturated rings. The predicted molar refractivity (Wildman–Crippen MR) is 288 cm³/mol. The first-order chi connectivity index (χ1) is 36.8. The van der Waals surface area contributed by atoms with Crippen molar-refractivity contribution >= 4 is 41.4 Å². The molecule has 5 aromatic carbocycles. The fraction of sp³-hybridized carbons (Fsp3) is 0.302. The zero-order chi connectivity index (χ0) is 57.8. The van der Waals surface area contributed by atoms with Gasteiger partial charge < -0.3 is 100 Å². The second-order valence-electron chi connectivity index (χ2n) is 16.2. The molecule has 5 atom stereocenters. The van der Waals surface area contributed by atoms with Crippen LogP contribution in [0.2, 0.25) is 0 Å². The quantitative estimate of drug-likeness (QED) is 0.00773. The Morgan fingerprint density at radius 1 is 0.325 bits per heavy atom. The number of hydrogen-bond donors (Lipinski definition) is 10. The minimum absolute atomic E-state index is 0. The number of aliphatic hydroxyl groups excluding tert-OH is 5. The van der Waals surface area contributed by atoms with Crippen molar-refractivity contribution < 1.29 is 192 Å². The molecule has 0 aromatic heterocycles. The van der Waals surface area contributed by atoms with E-state index >= 15 is 0 Å². The number of carboxylic acid groups (broad SMARTS) is 2. The molecular formula is C53H67Cu5LaN10O14+. The molecule has 0 saturated carbocycles. The first kappa shape index (κ1) is 91.7. The van der Waals surface area contributed by atoms with Gasteiger partial charge in [0, 0.05) is 11.9 Å². The van der Waals surface area contributed by atoms with E-state index < -0.39 is 71.6 Å². The van der Waals surface area contributed by atoms with E-state index in [0.29, 0.717) is 44.9 Å². The molecule has 0 heterocycles. The number of carboxylic acids is 2. The fourth-order valence-electron chi connectivity index (χ4n) is 5.95. The van der Waals surface area contributed by atoms with Gasteiger partial charge in [0.25, 0.3) is 0 Å². The Hall–Kier alpha value is -5.02. The van der Waals surface area contributed by atoms with Gasteiger partial charge in [0.05, 0.1) is 0 Å². The molecule has 83 heavy (non-hydrogen) atoms. The van der Waals surface area contributed by atoms with E-state index in [1.807, 2.05) is 152 Å². The van der Waals surface area contributed by atoms with Gasteiger partial charge >= 0.3 is 121 Å². The van der Waals surface area contributed by atoms with Crippen molar-refractivity contribution in [1.29, 1.82) is 0 Å². The molecule has 0 spiro atoms. The van der Waals surface area contributed by atoms with Crippen LogP contribution >= 0.6 is 0 Å². The molecule has 0 aliphatic carbocycles. The summed E-state index contributed by atoms with van der Waals surface area (Å²) in [6.45, 7) is 0. The molecule has 0 radical (unpaired) electrons. The molecule has 0 aliphatic rings. The summed E-state index contributed by atoms with van der Waals surface area (Å²) in [5, 5.41) is 118. The summed E-state index contributed by atoms with van der Waals surface area (Å²) in [7, 11) is 0. The van der Waals surface area contributed by atoms with E-state index in [1.165, 1.54) is 0 Å². The molecule has 470 valence electrons. The van der Waals surface area contributed by atoms with Crippen LogP contribution in [0.3, 0.4) is 0 Å². The van der Waals surface area contributed by atoms with Crippen molar-refractivity contribution in [3.05, 3.63) is 208 Å². The van der Waals surface area contributed by atoms with Crippen molar-refractivity contribution in [3.8, 4) is 0 Å². The maximum absolute atomic E-state index is 9.92. The van der Waals surface area contributed by atoms with Crippen molar-refractivity contribution in [3.63, 3.8) is 0 Å². The fourth-order valence-corrected chi connectivity index (χ4v) is 5.95. The summed E-state index contributed by atoms with van der Waals surface area (Å²) in [4.78, 5) is 19.8. The number of carbonyl (C=O) groups excluding carboxylic acids is 2. The van der Waals surface area contributed by atoms with E-state index in [4.69, 9.17) is 80.2 Å². The number of nitrogens with one attached hydrogen (secondary N) is 5. The zero-order valence-corrected chi connectivity index (χ0v) is 52.4. The van der Waals surface area contributed by atoms with Crippen LogP contribution in [0, 0.1) is 35.6 Å². The Balaban J connectivity index is -0.000000165. The Kier molecular flexibility index (Phi) is 64.9. The van der Waals surface area contributed by atoms with Gasteiger partial charge in [0.15, 0.2) is 0 Å². The number of aliphatic hydroxyl groups is 5. The number of oxime groups is 5. The topological polar surface area (TPSA) is 463 Å². The van der Waals surface area contributed by atoms with Gasteiger partial charge in [-0.3, -0.25) is 0 Å². The first-order valence-electron chi connectivity index (χ1n) is 23.5.